The van der Waals surface area contributed by atoms with E-state index in [4.69, 9.17) is 0 Å². The molecule has 3 rings (SSSR count). The first-order valence-electron chi connectivity index (χ1n) is 6.37. The zero-order valence-corrected chi connectivity index (χ0v) is 11.1. The molecule has 5 nitrogen and oxygen atoms in total. The smallest absolute Gasteiger partial charge is 0.146 e. The van der Waals surface area contributed by atoms with E-state index in [0.717, 1.165) is 11.1 Å². The number of tetrazole rings is 1. The van der Waals surface area contributed by atoms with E-state index in [9.17, 15) is 0 Å². The van der Waals surface area contributed by atoms with Crippen LogP contribution in [-0.2, 0) is 0 Å². The Bertz CT molecular complexity index is 795. The molecular weight excluding hydrogens is 262 g/mol. The lowest BCUT2D eigenvalue weighted by Crippen LogP contribution is -1.95. The van der Waals surface area contributed by atoms with Crippen LogP contribution >= 0.6 is 0 Å². The Balaban J connectivity index is 1.79. The summed E-state index contributed by atoms with van der Waals surface area (Å²) in [5, 5.41) is 15.6. The topological polar surface area (TPSA) is 56.0 Å². The second-order valence-electron chi connectivity index (χ2n) is 4.14. The first kappa shape index (κ1) is 12.8. The zero-order chi connectivity index (χ0) is 14.3. The molecule has 2 aromatic carbocycles. The van der Waals surface area contributed by atoms with Crippen LogP contribution in [0, 0.1) is 11.8 Å². The molecule has 3 aromatic rings. The van der Waals surface area contributed by atoms with Crippen LogP contribution in [0.5, 0.6) is 0 Å². The van der Waals surface area contributed by atoms with Gasteiger partial charge in [-0.1, -0.05) is 54.5 Å². The van der Waals surface area contributed by atoms with Gasteiger partial charge in [-0.15, -0.1) is 15.0 Å². The first-order valence-corrected chi connectivity index (χ1v) is 6.37. The van der Waals surface area contributed by atoms with E-state index in [0.29, 0.717) is 5.82 Å². The second kappa shape index (κ2) is 6.26. The van der Waals surface area contributed by atoms with E-state index in [2.05, 4.69) is 32.5 Å². The van der Waals surface area contributed by atoms with Crippen LogP contribution in [0.25, 0.3) is 11.4 Å². The van der Waals surface area contributed by atoms with Gasteiger partial charge in [0, 0.05) is 11.1 Å². The highest BCUT2D eigenvalue weighted by Gasteiger charge is 2.06. The molecule has 0 spiro atoms. The number of hydrogen-bond donors (Lipinski definition) is 0. The van der Waals surface area contributed by atoms with Crippen molar-refractivity contribution in [3.05, 3.63) is 66.2 Å². The number of rotatable bonds is 2. The molecule has 0 fully saturated rings. The zero-order valence-electron chi connectivity index (χ0n) is 11.1. The Morgan fingerprint density at radius 2 is 1.67 bits per heavy atom. The number of benzene rings is 2. The predicted molar refractivity (Wildman–Crippen MR) is 80.5 cm³/mol. The SMILES string of the molecule is C(#Cc1ccccc1)C=Nn1nnnc1-c1ccccc1. The summed E-state index contributed by atoms with van der Waals surface area (Å²) >= 11 is 0. The van der Waals surface area contributed by atoms with Gasteiger partial charge in [0.15, 0.2) is 0 Å². The summed E-state index contributed by atoms with van der Waals surface area (Å²) in [7, 11) is 0. The molecule has 0 radical (unpaired) electrons. The Hall–Kier alpha value is -3.26. The number of nitrogens with zero attached hydrogens (tertiary/aromatic N) is 5. The monoisotopic (exact) mass is 273 g/mol. The van der Waals surface area contributed by atoms with Gasteiger partial charge in [-0.05, 0) is 28.5 Å². The van der Waals surface area contributed by atoms with Gasteiger partial charge >= 0.3 is 0 Å². The van der Waals surface area contributed by atoms with Crippen LogP contribution in [-0.4, -0.2) is 26.5 Å². The lowest BCUT2D eigenvalue weighted by Gasteiger charge is -1.96. The molecule has 0 saturated carbocycles. The van der Waals surface area contributed by atoms with Crippen LogP contribution in [0.1, 0.15) is 5.56 Å². The largest absolute Gasteiger partial charge is 0.207 e. The summed E-state index contributed by atoms with van der Waals surface area (Å²) in [6.07, 6.45) is 1.48. The Labute approximate surface area is 121 Å². The molecule has 5 heteroatoms. The molecule has 1 heterocycles. The molecule has 1 aromatic heterocycles. The normalized spacial score (nSPS) is 10.3. The van der Waals surface area contributed by atoms with E-state index < -0.39 is 0 Å². The molecule has 0 amide bonds. The third-order valence-corrected chi connectivity index (χ3v) is 2.71. The van der Waals surface area contributed by atoms with E-state index in [-0.39, 0.29) is 0 Å². The average molecular weight is 273 g/mol. The Kier molecular flexibility index (Phi) is 3.80. The van der Waals surface area contributed by atoms with E-state index >= 15 is 0 Å². The highest BCUT2D eigenvalue weighted by Crippen LogP contribution is 2.13. The van der Waals surface area contributed by atoms with Gasteiger partial charge in [-0.25, -0.2) is 0 Å². The van der Waals surface area contributed by atoms with Crippen molar-refractivity contribution in [2.24, 2.45) is 5.10 Å². The molecule has 0 aliphatic carbocycles. The summed E-state index contributed by atoms with van der Waals surface area (Å²) in [4.78, 5) is 1.36. The molecule has 0 saturated heterocycles. The van der Waals surface area contributed by atoms with Gasteiger partial charge in [0.2, 0.25) is 5.82 Å². The standard InChI is InChI=1S/C16H11N5/c1-3-8-14(9-4-1)10-7-13-17-21-16(18-19-20-21)15-11-5-2-6-12-15/h1-6,8-9,11-13H. The van der Waals surface area contributed by atoms with Crippen molar-refractivity contribution in [2.75, 3.05) is 0 Å². The van der Waals surface area contributed by atoms with Crippen molar-refractivity contribution < 1.29 is 0 Å². The van der Waals surface area contributed by atoms with E-state index in [1.54, 1.807) is 0 Å². The fraction of sp³-hybridized carbons (Fsp3) is 0. The minimum Gasteiger partial charge on any atom is -0.146 e. The third kappa shape index (κ3) is 3.19. The lowest BCUT2D eigenvalue weighted by atomic mass is 10.2. The highest BCUT2D eigenvalue weighted by molar-refractivity contribution is 5.79. The van der Waals surface area contributed by atoms with Gasteiger partial charge in [-0.3, -0.25) is 0 Å². The molecule has 0 N–H and O–H groups in total. The Morgan fingerprint density at radius 3 is 2.43 bits per heavy atom. The van der Waals surface area contributed by atoms with Gasteiger partial charge in [0.25, 0.3) is 0 Å². The third-order valence-electron chi connectivity index (χ3n) is 2.71. The van der Waals surface area contributed by atoms with Gasteiger partial charge in [0.1, 0.15) is 0 Å². The summed E-state index contributed by atoms with van der Waals surface area (Å²) in [5.74, 6) is 6.42. The van der Waals surface area contributed by atoms with Gasteiger partial charge in [-0.2, -0.15) is 0 Å². The van der Waals surface area contributed by atoms with Crippen molar-refractivity contribution in [1.82, 2.24) is 20.3 Å². The van der Waals surface area contributed by atoms with Crippen LogP contribution in [0.4, 0.5) is 0 Å². The summed E-state index contributed by atoms with van der Waals surface area (Å²) in [5.41, 5.74) is 1.83. The lowest BCUT2D eigenvalue weighted by molar-refractivity contribution is 0.698. The fourth-order valence-corrected chi connectivity index (χ4v) is 1.74. The van der Waals surface area contributed by atoms with Crippen LogP contribution in [0.15, 0.2) is 65.8 Å². The molecular formula is C16H11N5. The number of aromatic nitrogens is 4. The number of hydrogen-bond acceptors (Lipinski definition) is 4. The maximum Gasteiger partial charge on any atom is 0.207 e. The molecule has 0 atom stereocenters. The van der Waals surface area contributed by atoms with Gasteiger partial charge < -0.3 is 0 Å². The molecule has 21 heavy (non-hydrogen) atoms. The minimum absolute atomic E-state index is 0.577. The maximum absolute atomic E-state index is 4.14. The quantitative estimate of drug-likeness (QED) is 0.531. The molecule has 100 valence electrons. The Morgan fingerprint density at radius 1 is 0.952 bits per heavy atom. The van der Waals surface area contributed by atoms with Crippen molar-refractivity contribution in [2.45, 2.75) is 0 Å². The van der Waals surface area contributed by atoms with Gasteiger partial charge in [0.05, 0.1) is 6.21 Å². The van der Waals surface area contributed by atoms with Crippen molar-refractivity contribution in [1.29, 1.82) is 0 Å². The summed E-state index contributed by atoms with van der Waals surface area (Å²) in [6, 6.07) is 19.3. The van der Waals surface area contributed by atoms with Crippen molar-refractivity contribution >= 4 is 6.21 Å². The second-order valence-corrected chi connectivity index (χ2v) is 4.14. The molecule has 0 bridgehead atoms. The van der Waals surface area contributed by atoms with E-state index in [1.165, 1.54) is 11.0 Å². The maximum atomic E-state index is 4.14. The van der Waals surface area contributed by atoms with Crippen LogP contribution in [0.3, 0.4) is 0 Å². The van der Waals surface area contributed by atoms with Crippen LogP contribution < -0.4 is 0 Å². The predicted octanol–water partition coefficient (Wildman–Crippen LogP) is 2.23. The molecule has 0 aliphatic heterocycles. The summed E-state index contributed by atoms with van der Waals surface area (Å²) in [6.45, 7) is 0. The minimum atomic E-state index is 0.577. The average Bonchev–Trinajstić information content (AvgIpc) is 3.02. The van der Waals surface area contributed by atoms with Crippen molar-refractivity contribution in [3.8, 4) is 23.2 Å². The van der Waals surface area contributed by atoms with E-state index in [1.807, 2.05) is 60.7 Å². The molecule has 0 aliphatic rings. The molecule has 0 unspecified atom stereocenters. The van der Waals surface area contributed by atoms with Crippen LogP contribution in [0.2, 0.25) is 0 Å². The highest BCUT2D eigenvalue weighted by atomic mass is 15.7. The van der Waals surface area contributed by atoms with Crippen molar-refractivity contribution in [3.63, 3.8) is 0 Å². The first-order chi connectivity index (χ1) is 10.4. The fourth-order valence-electron chi connectivity index (χ4n) is 1.74. The summed E-state index contributed by atoms with van der Waals surface area (Å²) < 4.78 is 0.